The molecule has 0 bridgehead atoms. The first kappa shape index (κ1) is 29.1. The van der Waals surface area contributed by atoms with E-state index < -0.39 is 29.2 Å². The van der Waals surface area contributed by atoms with Crippen LogP contribution in [0.5, 0.6) is 0 Å². The lowest BCUT2D eigenvalue weighted by molar-refractivity contribution is -0.0696. The van der Waals surface area contributed by atoms with Crippen LogP contribution in [0.25, 0.3) is 0 Å². The van der Waals surface area contributed by atoms with Crippen LogP contribution in [0, 0.1) is 58.9 Å². The molecule has 0 amide bonds. The summed E-state index contributed by atoms with van der Waals surface area (Å²) in [5, 5.41) is 0. The third-order valence-corrected chi connectivity index (χ3v) is 8.47. The van der Waals surface area contributed by atoms with Crippen molar-refractivity contribution in [1.82, 2.24) is 0 Å². The van der Waals surface area contributed by atoms with Gasteiger partial charge in [-0.15, -0.1) is 0 Å². The summed E-state index contributed by atoms with van der Waals surface area (Å²) in [6.45, 7) is 2.26. The van der Waals surface area contributed by atoms with Crippen molar-refractivity contribution in [2.75, 3.05) is 0 Å². The van der Waals surface area contributed by atoms with Gasteiger partial charge in [0, 0.05) is 11.5 Å². The fraction of sp³-hybridized carbons (Fsp3) is 0.515. The predicted molar refractivity (Wildman–Crippen MR) is 141 cm³/mol. The molecule has 2 aliphatic carbocycles. The summed E-state index contributed by atoms with van der Waals surface area (Å²) in [6.07, 6.45) is 9.02. The number of benzene rings is 2. The molecule has 0 aliphatic heterocycles. The standard InChI is InChI=1S/C33H34F6/c1-2-3-4-22-5-8-24(9-6-22)25-11-13-26(14-12-25)28-16-15-27(30(34)21-28)10-7-23-19-31(35)29(32(36)20-23)17-18-33(37,38)39/h15-16,19-22,24-26H,2-6,8-9,11-14H2,1H3. The van der Waals surface area contributed by atoms with E-state index in [1.807, 2.05) is 6.07 Å². The Balaban J connectivity index is 1.35. The first-order valence-corrected chi connectivity index (χ1v) is 14.0. The van der Waals surface area contributed by atoms with Gasteiger partial charge in [-0.05, 0) is 92.0 Å². The van der Waals surface area contributed by atoms with E-state index in [-0.39, 0.29) is 11.1 Å². The van der Waals surface area contributed by atoms with Gasteiger partial charge in [-0.2, -0.15) is 13.2 Å². The summed E-state index contributed by atoms with van der Waals surface area (Å²) < 4.78 is 79.8. The molecule has 0 spiro atoms. The Labute approximate surface area is 227 Å². The van der Waals surface area contributed by atoms with Gasteiger partial charge in [0.25, 0.3) is 0 Å². The maximum atomic E-state index is 14.9. The molecule has 4 rings (SSSR count). The topological polar surface area (TPSA) is 0 Å². The van der Waals surface area contributed by atoms with Crippen molar-refractivity contribution in [2.45, 2.75) is 89.6 Å². The van der Waals surface area contributed by atoms with Crippen LogP contribution in [0.4, 0.5) is 26.3 Å². The second-order valence-electron chi connectivity index (χ2n) is 11.1. The van der Waals surface area contributed by atoms with E-state index >= 15 is 0 Å². The van der Waals surface area contributed by atoms with E-state index in [9.17, 15) is 26.3 Å². The van der Waals surface area contributed by atoms with E-state index in [4.69, 9.17) is 0 Å². The van der Waals surface area contributed by atoms with Crippen LogP contribution in [0.1, 0.15) is 106 Å². The zero-order valence-corrected chi connectivity index (χ0v) is 22.2. The molecule has 208 valence electrons. The molecule has 6 heteroatoms. The zero-order chi connectivity index (χ0) is 28.0. The highest BCUT2D eigenvalue weighted by Crippen LogP contribution is 2.44. The predicted octanol–water partition coefficient (Wildman–Crippen LogP) is 9.69. The van der Waals surface area contributed by atoms with E-state index in [1.165, 1.54) is 69.8 Å². The molecule has 0 heterocycles. The quantitative estimate of drug-likeness (QED) is 0.260. The van der Waals surface area contributed by atoms with Gasteiger partial charge in [0.1, 0.15) is 17.5 Å². The number of unbranched alkanes of at least 4 members (excludes halogenated alkanes) is 1. The molecular weight excluding hydrogens is 510 g/mol. The lowest BCUT2D eigenvalue weighted by Gasteiger charge is -2.38. The van der Waals surface area contributed by atoms with Crippen LogP contribution in [-0.2, 0) is 0 Å². The average Bonchev–Trinajstić information content (AvgIpc) is 2.90. The molecule has 0 saturated heterocycles. The SMILES string of the molecule is CCCCC1CCC(C2CCC(c3ccc(C#Cc4cc(F)c(C#CC(F)(F)F)c(F)c4)c(F)c3)CC2)CC1. The molecule has 0 N–H and O–H groups in total. The first-order chi connectivity index (χ1) is 18.6. The van der Waals surface area contributed by atoms with Crippen LogP contribution >= 0.6 is 0 Å². The maximum Gasteiger partial charge on any atom is 0.458 e. The van der Waals surface area contributed by atoms with Crippen molar-refractivity contribution < 1.29 is 26.3 Å². The lowest BCUT2D eigenvalue weighted by Crippen LogP contribution is -2.25. The minimum absolute atomic E-state index is 0.0917. The van der Waals surface area contributed by atoms with E-state index in [0.29, 0.717) is 5.92 Å². The Kier molecular flexibility index (Phi) is 9.71. The largest absolute Gasteiger partial charge is 0.458 e. The minimum atomic E-state index is -4.87. The summed E-state index contributed by atoms with van der Waals surface area (Å²) in [4.78, 5) is 0. The Bertz CT molecular complexity index is 1230. The van der Waals surface area contributed by atoms with Gasteiger partial charge >= 0.3 is 6.18 Å². The lowest BCUT2D eigenvalue weighted by atomic mass is 9.68. The number of halogens is 6. The smallest absolute Gasteiger partial charge is 0.206 e. The number of alkyl halides is 3. The van der Waals surface area contributed by atoms with Crippen LogP contribution in [-0.4, -0.2) is 6.18 Å². The molecular formula is C33H34F6. The molecule has 0 aromatic heterocycles. The highest BCUT2D eigenvalue weighted by Gasteiger charge is 2.31. The summed E-state index contributed by atoms with van der Waals surface area (Å²) in [5.74, 6) is 7.21. The minimum Gasteiger partial charge on any atom is -0.206 e. The number of rotatable bonds is 5. The fourth-order valence-corrected chi connectivity index (χ4v) is 6.29. The third-order valence-electron chi connectivity index (χ3n) is 8.47. The van der Waals surface area contributed by atoms with Gasteiger partial charge in [-0.1, -0.05) is 62.9 Å². The summed E-state index contributed by atoms with van der Waals surface area (Å²) >= 11 is 0. The molecule has 0 atom stereocenters. The van der Waals surface area contributed by atoms with Gasteiger partial charge in [0.05, 0.1) is 11.1 Å². The summed E-state index contributed by atoms with van der Waals surface area (Å²) in [5.41, 5.74) is -0.0648. The van der Waals surface area contributed by atoms with Crippen molar-refractivity contribution in [1.29, 1.82) is 0 Å². The van der Waals surface area contributed by atoms with Crippen LogP contribution in [0.15, 0.2) is 30.3 Å². The fourth-order valence-electron chi connectivity index (χ4n) is 6.29. The van der Waals surface area contributed by atoms with Gasteiger partial charge in [-0.3, -0.25) is 0 Å². The zero-order valence-electron chi connectivity index (χ0n) is 22.2. The molecule has 2 aliphatic rings. The Morgan fingerprint density at radius 3 is 1.92 bits per heavy atom. The molecule has 2 saturated carbocycles. The maximum absolute atomic E-state index is 14.9. The van der Waals surface area contributed by atoms with E-state index in [2.05, 4.69) is 18.8 Å². The monoisotopic (exact) mass is 544 g/mol. The van der Waals surface area contributed by atoms with Crippen LogP contribution < -0.4 is 0 Å². The number of hydrogen-bond donors (Lipinski definition) is 0. The highest BCUT2D eigenvalue weighted by molar-refractivity contribution is 5.48. The van der Waals surface area contributed by atoms with Crippen molar-refractivity contribution in [3.8, 4) is 23.7 Å². The first-order valence-electron chi connectivity index (χ1n) is 14.0. The second-order valence-corrected chi connectivity index (χ2v) is 11.1. The third kappa shape index (κ3) is 8.07. The molecule has 0 radical (unpaired) electrons. The Morgan fingerprint density at radius 1 is 0.744 bits per heavy atom. The Hall–Kier alpha value is -2.86. The molecule has 0 unspecified atom stereocenters. The molecule has 2 fully saturated rings. The van der Waals surface area contributed by atoms with Crippen molar-refractivity contribution in [2.24, 2.45) is 17.8 Å². The molecule has 39 heavy (non-hydrogen) atoms. The van der Waals surface area contributed by atoms with Gasteiger partial charge in [0.2, 0.25) is 0 Å². The summed E-state index contributed by atoms with van der Waals surface area (Å²) in [6, 6.07) is 6.54. The molecule has 2 aromatic rings. The van der Waals surface area contributed by atoms with Gasteiger partial charge < -0.3 is 0 Å². The van der Waals surface area contributed by atoms with Gasteiger partial charge in [0.15, 0.2) is 0 Å². The van der Waals surface area contributed by atoms with E-state index in [0.717, 1.165) is 54.2 Å². The van der Waals surface area contributed by atoms with Crippen molar-refractivity contribution >= 4 is 0 Å². The number of hydrogen-bond acceptors (Lipinski definition) is 0. The molecule has 2 aromatic carbocycles. The summed E-state index contributed by atoms with van der Waals surface area (Å²) in [7, 11) is 0. The normalized spacial score (nSPS) is 23.4. The van der Waals surface area contributed by atoms with Crippen LogP contribution in [0.2, 0.25) is 0 Å². The Morgan fingerprint density at radius 2 is 1.36 bits per heavy atom. The second kappa shape index (κ2) is 13.0. The van der Waals surface area contributed by atoms with Gasteiger partial charge in [-0.25, -0.2) is 13.2 Å². The highest BCUT2D eigenvalue weighted by atomic mass is 19.4. The van der Waals surface area contributed by atoms with Crippen molar-refractivity contribution in [3.05, 3.63) is 70.0 Å². The average molecular weight is 545 g/mol. The van der Waals surface area contributed by atoms with E-state index in [1.54, 1.807) is 6.07 Å². The van der Waals surface area contributed by atoms with Crippen LogP contribution in [0.3, 0.4) is 0 Å². The van der Waals surface area contributed by atoms with Crippen molar-refractivity contribution in [3.63, 3.8) is 0 Å². The molecule has 0 nitrogen and oxygen atoms in total.